The Balaban J connectivity index is 1.78. The number of hydrogen-bond acceptors (Lipinski definition) is 7. The Morgan fingerprint density at radius 3 is 1.96 bits per heavy atom. The van der Waals surface area contributed by atoms with Crippen LogP contribution >= 0.6 is 0 Å². The van der Waals surface area contributed by atoms with Gasteiger partial charge in [0.05, 0.1) is 7.11 Å². The molecule has 11 heteroatoms. The van der Waals surface area contributed by atoms with E-state index in [1.807, 2.05) is 5.43 Å². The molecule has 1 heterocycles. The van der Waals surface area contributed by atoms with Crippen molar-refractivity contribution in [2.75, 3.05) is 13.7 Å². The molecule has 0 unspecified atom stereocenters. The number of ether oxygens (including phenoxy) is 2. The second kappa shape index (κ2) is 6.59. The third-order valence-corrected chi connectivity index (χ3v) is 7.67. The first-order chi connectivity index (χ1) is 12.3. The molecule has 1 aliphatic heterocycles. The molecular formula is C15H14N2O7S2. The number of rotatable bonds is 5. The van der Waals surface area contributed by atoms with Gasteiger partial charge in [0.2, 0.25) is 0 Å². The monoisotopic (exact) mass is 398 g/mol. The highest BCUT2D eigenvalue weighted by molar-refractivity contribution is 8.06. The molecule has 0 radical (unpaired) electrons. The van der Waals surface area contributed by atoms with Crippen molar-refractivity contribution in [2.24, 2.45) is 0 Å². The van der Waals surface area contributed by atoms with E-state index in [1.165, 1.54) is 19.2 Å². The molecule has 0 bridgehead atoms. The molecule has 2 aromatic carbocycles. The smallest absolute Gasteiger partial charge is 0.275 e. The Morgan fingerprint density at radius 1 is 0.923 bits per heavy atom. The second-order valence-electron chi connectivity index (χ2n) is 5.13. The molecule has 0 saturated carbocycles. The number of carbonyl (C=O) groups excluding carboxylic acids is 1. The minimum atomic E-state index is -4.41. The van der Waals surface area contributed by atoms with Crippen molar-refractivity contribution in [1.82, 2.24) is 9.25 Å². The molecule has 26 heavy (non-hydrogen) atoms. The largest absolute Gasteiger partial charge is 0.493 e. The minimum absolute atomic E-state index is 0.0431. The fourth-order valence-corrected chi connectivity index (χ4v) is 6.41. The number of carbonyl (C=O) groups is 1. The highest BCUT2D eigenvalue weighted by Gasteiger charge is 2.48. The summed E-state index contributed by atoms with van der Waals surface area (Å²) in [5.41, 5.74) is 1.87. The predicted molar refractivity (Wildman–Crippen MR) is 89.3 cm³/mol. The van der Waals surface area contributed by atoms with Gasteiger partial charge < -0.3 is 9.47 Å². The number of para-hydroxylation sites is 2. The standard InChI is InChI=1S/C15H14N2O7S2/c1-23-11-6-2-3-7-12(11)24-10-15(18)16-17-25(19,20)13-8-4-5-9-14(13)26(17,21)22/h2-9H,10H2,1H3,(H,16,18). The molecule has 3 rings (SSSR count). The van der Waals surface area contributed by atoms with Crippen LogP contribution in [0.5, 0.6) is 11.5 Å². The van der Waals surface area contributed by atoms with Crippen LogP contribution in [0.1, 0.15) is 0 Å². The third kappa shape index (κ3) is 3.00. The number of hydrazine groups is 1. The maximum Gasteiger partial charge on any atom is 0.275 e. The first-order valence-corrected chi connectivity index (χ1v) is 10.1. The normalized spacial score (nSPS) is 17.3. The first kappa shape index (κ1) is 18.2. The van der Waals surface area contributed by atoms with Crippen LogP contribution in [0.15, 0.2) is 58.3 Å². The summed E-state index contributed by atoms with van der Waals surface area (Å²) < 4.78 is 59.8. The number of hydrogen-bond donors (Lipinski definition) is 1. The lowest BCUT2D eigenvalue weighted by Gasteiger charge is -2.15. The SMILES string of the molecule is COc1ccccc1OCC(=O)NN1S(=O)(=O)c2ccccc2S1(=O)=O. The average Bonchev–Trinajstić information content (AvgIpc) is 2.78. The van der Waals surface area contributed by atoms with E-state index in [-0.39, 0.29) is 9.57 Å². The fourth-order valence-electron chi connectivity index (χ4n) is 2.32. The Hall–Kier alpha value is -2.63. The van der Waals surface area contributed by atoms with Gasteiger partial charge in [-0.15, -0.1) is 0 Å². The van der Waals surface area contributed by atoms with Crippen LogP contribution in [0.2, 0.25) is 0 Å². The van der Waals surface area contributed by atoms with Crippen LogP contribution in [-0.2, 0) is 24.8 Å². The van der Waals surface area contributed by atoms with Gasteiger partial charge in [0, 0.05) is 3.82 Å². The van der Waals surface area contributed by atoms with E-state index in [1.54, 1.807) is 24.3 Å². The lowest BCUT2D eigenvalue weighted by atomic mass is 10.3. The van der Waals surface area contributed by atoms with E-state index in [9.17, 15) is 21.6 Å². The molecule has 0 spiro atoms. The Morgan fingerprint density at radius 2 is 1.42 bits per heavy atom. The molecule has 0 fully saturated rings. The van der Waals surface area contributed by atoms with E-state index in [2.05, 4.69) is 0 Å². The molecular weight excluding hydrogens is 384 g/mol. The number of methoxy groups -OCH3 is 1. The van der Waals surface area contributed by atoms with E-state index in [0.29, 0.717) is 5.75 Å². The zero-order valence-electron chi connectivity index (χ0n) is 13.4. The summed E-state index contributed by atoms with van der Waals surface area (Å²) in [6.45, 7) is -0.613. The maximum atomic E-state index is 12.4. The fraction of sp³-hybridized carbons (Fsp3) is 0.133. The quantitative estimate of drug-likeness (QED) is 0.779. The van der Waals surface area contributed by atoms with Gasteiger partial charge in [0.15, 0.2) is 18.1 Å². The van der Waals surface area contributed by atoms with Gasteiger partial charge in [-0.25, -0.2) is 16.8 Å². The van der Waals surface area contributed by atoms with Gasteiger partial charge in [0.1, 0.15) is 9.79 Å². The van der Waals surface area contributed by atoms with Crippen LogP contribution in [0.3, 0.4) is 0 Å². The van der Waals surface area contributed by atoms with Crippen molar-refractivity contribution in [3.05, 3.63) is 48.5 Å². The summed E-state index contributed by atoms with van der Waals surface area (Å²) in [5, 5.41) is 0. The van der Waals surface area contributed by atoms with Crippen LogP contribution < -0.4 is 14.9 Å². The number of nitrogens with zero attached hydrogens (tertiary/aromatic N) is 1. The van der Waals surface area contributed by atoms with Gasteiger partial charge in [-0.1, -0.05) is 24.3 Å². The summed E-state index contributed by atoms with van der Waals surface area (Å²) in [5.74, 6) is -0.342. The van der Waals surface area contributed by atoms with Gasteiger partial charge in [-0.3, -0.25) is 10.2 Å². The molecule has 1 aliphatic rings. The van der Waals surface area contributed by atoms with Crippen LogP contribution in [-0.4, -0.2) is 40.3 Å². The summed E-state index contributed by atoms with van der Waals surface area (Å²) in [6, 6.07) is 11.6. The van der Waals surface area contributed by atoms with Gasteiger partial charge in [-0.05, 0) is 24.3 Å². The maximum absolute atomic E-state index is 12.4. The van der Waals surface area contributed by atoms with Gasteiger partial charge >= 0.3 is 0 Å². The molecule has 1 amide bonds. The van der Waals surface area contributed by atoms with Crippen molar-refractivity contribution < 1.29 is 31.1 Å². The number of sulfonamides is 2. The molecule has 0 aromatic heterocycles. The molecule has 0 saturated heterocycles. The van der Waals surface area contributed by atoms with Crippen LogP contribution in [0.25, 0.3) is 0 Å². The topological polar surface area (TPSA) is 119 Å². The lowest BCUT2D eigenvalue weighted by molar-refractivity contribution is -0.124. The minimum Gasteiger partial charge on any atom is -0.493 e. The van der Waals surface area contributed by atoms with E-state index >= 15 is 0 Å². The highest BCUT2D eigenvalue weighted by atomic mass is 32.3. The molecule has 0 atom stereocenters. The predicted octanol–water partition coefficient (Wildman–Crippen LogP) is 0.498. The van der Waals surface area contributed by atoms with Gasteiger partial charge in [-0.2, -0.15) is 0 Å². The molecule has 2 aromatic rings. The highest BCUT2D eigenvalue weighted by Crippen LogP contribution is 2.34. The summed E-state index contributed by atoms with van der Waals surface area (Å²) in [4.78, 5) is 11.3. The van der Waals surface area contributed by atoms with Crippen LogP contribution in [0.4, 0.5) is 0 Å². The van der Waals surface area contributed by atoms with Gasteiger partial charge in [0.25, 0.3) is 26.0 Å². The molecule has 0 aliphatic carbocycles. The van der Waals surface area contributed by atoms with Crippen molar-refractivity contribution in [3.8, 4) is 11.5 Å². The number of nitrogens with one attached hydrogen (secondary N) is 1. The Kier molecular flexibility index (Phi) is 4.61. The number of amides is 1. The summed E-state index contributed by atoms with van der Waals surface area (Å²) in [7, 11) is -7.40. The first-order valence-electron chi connectivity index (χ1n) is 7.23. The van der Waals surface area contributed by atoms with Crippen molar-refractivity contribution in [1.29, 1.82) is 0 Å². The Bertz CT molecular complexity index is 1010. The number of fused-ring (bicyclic) bond motifs is 1. The van der Waals surface area contributed by atoms with Crippen molar-refractivity contribution >= 4 is 26.0 Å². The van der Waals surface area contributed by atoms with Crippen LogP contribution in [0, 0.1) is 0 Å². The number of benzene rings is 2. The average molecular weight is 398 g/mol. The lowest BCUT2D eigenvalue weighted by Crippen LogP contribution is -2.47. The Labute approximate surface area is 150 Å². The van der Waals surface area contributed by atoms with Crippen molar-refractivity contribution in [2.45, 2.75) is 9.79 Å². The zero-order valence-corrected chi connectivity index (χ0v) is 15.1. The van der Waals surface area contributed by atoms with Crippen molar-refractivity contribution in [3.63, 3.8) is 0 Å². The summed E-state index contributed by atoms with van der Waals surface area (Å²) in [6.07, 6.45) is 0. The van der Waals surface area contributed by atoms with E-state index < -0.39 is 42.4 Å². The van der Waals surface area contributed by atoms with E-state index in [0.717, 1.165) is 12.1 Å². The molecule has 1 N–H and O–H groups in total. The summed E-state index contributed by atoms with van der Waals surface area (Å²) >= 11 is 0. The zero-order chi connectivity index (χ0) is 18.9. The molecule has 138 valence electrons. The molecule has 9 nitrogen and oxygen atoms in total. The third-order valence-electron chi connectivity index (χ3n) is 3.49. The van der Waals surface area contributed by atoms with E-state index in [4.69, 9.17) is 9.47 Å². The second-order valence-corrected chi connectivity index (χ2v) is 8.87.